The van der Waals surface area contributed by atoms with Crippen LogP contribution >= 0.6 is 22.7 Å². The molecular weight excluding hydrogens is 388 g/mol. The van der Waals surface area contributed by atoms with E-state index >= 15 is 0 Å². The maximum atomic E-state index is 13.1. The predicted molar refractivity (Wildman–Crippen MR) is 115 cm³/mol. The van der Waals surface area contributed by atoms with Gasteiger partial charge in [-0.15, -0.1) is 22.7 Å². The van der Waals surface area contributed by atoms with Crippen molar-refractivity contribution in [2.45, 2.75) is 6.42 Å². The first-order valence-electron chi connectivity index (χ1n) is 9.43. The Kier molecular flexibility index (Phi) is 6.00. The molecule has 4 rings (SSSR count). The zero-order valence-electron chi connectivity index (χ0n) is 15.5. The number of amides is 1. The Morgan fingerprint density at radius 2 is 1.54 bits per heavy atom. The van der Waals surface area contributed by atoms with Crippen LogP contribution in [0.25, 0.3) is 0 Å². The minimum atomic E-state index is -0.0754. The van der Waals surface area contributed by atoms with Crippen LogP contribution in [-0.4, -0.2) is 54.2 Å². The van der Waals surface area contributed by atoms with Crippen molar-refractivity contribution in [1.82, 2.24) is 9.80 Å². The van der Waals surface area contributed by atoms with Crippen molar-refractivity contribution >= 4 is 34.4 Å². The summed E-state index contributed by atoms with van der Waals surface area (Å²) in [4.78, 5) is 32.3. The van der Waals surface area contributed by atoms with E-state index in [0.29, 0.717) is 29.1 Å². The van der Waals surface area contributed by atoms with Gasteiger partial charge < -0.3 is 4.90 Å². The highest BCUT2D eigenvalue weighted by Crippen LogP contribution is 2.20. The number of ketones is 1. The Labute approximate surface area is 173 Å². The highest BCUT2D eigenvalue weighted by Gasteiger charge is 2.25. The summed E-state index contributed by atoms with van der Waals surface area (Å²) in [6, 6.07) is 15.1. The van der Waals surface area contributed by atoms with Gasteiger partial charge in [0.25, 0.3) is 5.91 Å². The van der Waals surface area contributed by atoms with Crippen molar-refractivity contribution in [2.75, 3.05) is 32.7 Å². The first-order valence-corrected chi connectivity index (χ1v) is 11.2. The SMILES string of the molecule is O=C(c1cccs1)c1ccccc1C(=O)N1CCN(CCc2cccs2)CC1. The monoisotopic (exact) mass is 410 g/mol. The van der Waals surface area contributed by atoms with E-state index in [1.165, 1.54) is 16.2 Å². The van der Waals surface area contributed by atoms with E-state index in [9.17, 15) is 9.59 Å². The summed E-state index contributed by atoms with van der Waals surface area (Å²) in [6.45, 7) is 4.17. The van der Waals surface area contributed by atoms with Crippen molar-refractivity contribution in [1.29, 1.82) is 0 Å². The lowest BCUT2D eigenvalue weighted by molar-refractivity contribution is 0.0636. The summed E-state index contributed by atoms with van der Waals surface area (Å²) in [5, 5.41) is 3.99. The molecule has 4 nitrogen and oxygen atoms in total. The molecule has 1 aliphatic rings. The van der Waals surface area contributed by atoms with Crippen molar-refractivity contribution in [2.24, 2.45) is 0 Å². The number of benzene rings is 1. The van der Waals surface area contributed by atoms with E-state index < -0.39 is 0 Å². The Morgan fingerprint density at radius 3 is 2.21 bits per heavy atom. The summed E-state index contributed by atoms with van der Waals surface area (Å²) < 4.78 is 0. The van der Waals surface area contributed by atoms with E-state index in [2.05, 4.69) is 22.4 Å². The van der Waals surface area contributed by atoms with Gasteiger partial charge in [-0.25, -0.2) is 0 Å². The molecular formula is C22H22N2O2S2. The zero-order chi connectivity index (χ0) is 19.3. The molecule has 3 heterocycles. The summed E-state index contributed by atoms with van der Waals surface area (Å²) in [7, 11) is 0. The quantitative estimate of drug-likeness (QED) is 0.576. The second kappa shape index (κ2) is 8.82. The molecule has 1 fully saturated rings. The molecule has 0 unspecified atom stereocenters. The molecule has 1 aromatic carbocycles. The third-order valence-corrected chi connectivity index (χ3v) is 6.87. The van der Waals surface area contributed by atoms with Crippen molar-refractivity contribution in [3.63, 3.8) is 0 Å². The molecule has 1 aliphatic heterocycles. The Morgan fingerprint density at radius 1 is 0.821 bits per heavy atom. The molecule has 0 aliphatic carbocycles. The van der Waals surface area contributed by atoms with E-state index in [-0.39, 0.29) is 11.7 Å². The Balaban J connectivity index is 1.40. The second-order valence-electron chi connectivity index (χ2n) is 6.82. The van der Waals surface area contributed by atoms with Gasteiger partial charge in [-0.3, -0.25) is 14.5 Å². The number of nitrogens with zero attached hydrogens (tertiary/aromatic N) is 2. The highest BCUT2D eigenvalue weighted by molar-refractivity contribution is 7.12. The van der Waals surface area contributed by atoms with Gasteiger partial charge in [0.05, 0.1) is 10.4 Å². The zero-order valence-corrected chi connectivity index (χ0v) is 17.2. The van der Waals surface area contributed by atoms with Gasteiger partial charge in [0.1, 0.15) is 0 Å². The molecule has 144 valence electrons. The minimum Gasteiger partial charge on any atom is -0.336 e. The molecule has 2 aromatic heterocycles. The fraction of sp³-hybridized carbons (Fsp3) is 0.273. The van der Waals surface area contributed by atoms with Crippen LogP contribution in [0, 0.1) is 0 Å². The van der Waals surface area contributed by atoms with Gasteiger partial charge in [-0.2, -0.15) is 0 Å². The van der Waals surface area contributed by atoms with Gasteiger partial charge in [0.15, 0.2) is 0 Å². The number of thiophene rings is 2. The standard InChI is InChI=1S/C22H22N2O2S2/c25-21(20-8-4-16-28-20)18-6-1-2-7-19(18)22(26)24-13-11-23(12-14-24)10-9-17-5-3-15-27-17/h1-8,15-16H,9-14H2. The predicted octanol–water partition coefficient (Wildman–Crippen LogP) is 4.04. The molecule has 0 spiro atoms. The lowest BCUT2D eigenvalue weighted by atomic mass is 10.0. The molecule has 0 N–H and O–H groups in total. The van der Waals surface area contributed by atoms with Crippen molar-refractivity contribution < 1.29 is 9.59 Å². The molecule has 0 atom stereocenters. The second-order valence-corrected chi connectivity index (χ2v) is 8.80. The van der Waals surface area contributed by atoms with Crippen molar-refractivity contribution in [3.05, 3.63) is 80.2 Å². The molecule has 28 heavy (non-hydrogen) atoms. The van der Waals surface area contributed by atoms with E-state index in [1.54, 1.807) is 29.5 Å². The van der Waals surface area contributed by atoms with Crippen LogP contribution in [0.2, 0.25) is 0 Å². The van der Waals surface area contributed by atoms with Gasteiger partial charge in [-0.05, 0) is 35.4 Å². The van der Waals surface area contributed by atoms with Gasteiger partial charge in [0.2, 0.25) is 5.78 Å². The third-order valence-electron chi connectivity index (χ3n) is 5.06. The number of carbonyl (C=O) groups is 2. The van der Waals surface area contributed by atoms with Gasteiger partial charge in [-0.1, -0.05) is 30.3 Å². The van der Waals surface area contributed by atoms with Crippen LogP contribution in [0.3, 0.4) is 0 Å². The van der Waals surface area contributed by atoms with Crippen LogP contribution in [0.1, 0.15) is 30.5 Å². The highest BCUT2D eigenvalue weighted by atomic mass is 32.1. The van der Waals surface area contributed by atoms with Crippen LogP contribution < -0.4 is 0 Å². The fourth-order valence-electron chi connectivity index (χ4n) is 3.48. The molecule has 1 saturated heterocycles. The van der Waals surface area contributed by atoms with Crippen molar-refractivity contribution in [3.8, 4) is 0 Å². The number of rotatable bonds is 6. The first kappa shape index (κ1) is 19.1. The third kappa shape index (κ3) is 4.24. The van der Waals surface area contributed by atoms with Gasteiger partial charge >= 0.3 is 0 Å². The number of hydrogen-bond donors (Lipinski definition) is 0. The first-order chi connectivity index (χ1) is 13.7. The number of hydrogen-bond acceptors (Lipinski definition) is 5. The Hall–Kier alpha value is -2.28. The lowest BCUT2D eigenvalue weighted by Crippen LogP contribution is -2.49. The topological polar surface area (TPSA) is 40.6 Å². The average molecular weight is 411 g/mol. The molecule has 0 bridgehead atoms. The fourth-order valence-corrected chi connectivity index (χ4v) is 4.85. The van der Waals surface area contributed by atoms with Crippen LogP contribution in [0.5, 0.6) is 0 Å². The van der Waals surface area contributed by atoms with Crippen LogP contribution in [0.15, 0.2) is 59.3 Å². The largest absolute Gasteiger partial charge is 0.336 e. The lowest BCUT2D eigenvalue weighted by Gasteiger charge is -2.35. The van der Waals surface area contributed by atoms with Crippen LogP contribution in [0.4, 0.5) is 0 Å². The van der Waals surface area contributed by atoms with E-state index in [1.807, 2.05) is 28.5 Å². The summed E-state index contributed by atoms with van der Waals surface area (Å²) >= 11 is 3.20. The maximum Gasteiger partial charge on any atom is 0.254 e. The van der Waals surface area contributed by atoms with Crippen LogP contribution in [-0.2, 0) is 6.42 Å². The smallest absolute Gasteiger partial charge is 0.254 e. The molecule has 1 amide bonds. The summed E-state index contributed by atoms with van der Waals surface area (Å²) in [6.07, 6.45) is 1.06. The normalized spacial score (nSPS) is 14.9. The van der Waals surface area contributed by atoms with Gasteiger partial charge in [0, 0.05) is 43.2 Å². The number of carbonyl (C=O) groups excluding carboxylic acids is 2. The minimum absolute atomic E-state index is 0.0431. The molecule has 0 saturated carbocycles. The maximum absolute atomic E-state index is 13.1. The summed E-state index contributed by atoms with van der Waals surface area (Å²) in [5.74, 6) is -0.119. The molecule has 6 heteroatoms. The number of piperazine rings is 1. The summed E-state index contributed by atoms with van der Waals surface area (Å²) in [5.41, 5.74) is 1.00. The Bertz CT molecular complexity index is 927. The van der Waals surface area contributed by atoms with E-state index in [0.717, 1.165) is 26.1 Å². The molecule has 3 aromatic rings. The van der Waals surface area contributed by atoms with E-state index in [4.69, 9.17) is 0 Å². The molecule has 0 radical (unpaired) electrons. The average Bonchev–Trinajstić information content (AvgIpc) is 3.46.